The van der Waals surface area contributed by atoms with Crippen molar-refractivity contribution in [2.24, 2.45) is 0 Å². The summed E-state index contributed by atoms with van der Waals surface area (Å²) in [5.41, 5.74) is 0.186. The lowest BCUT2D eigenvalue weighted by Gasteiger charge is -1.95. The molecule has 0 unspecified atom stereocenters. The standard InChI is InChI=1S/C7H7BrN2O3/c1-9-6(11)5-3(8)2-4(10-5)7(12)13/h2,10H,1H3,(H,9,11)(H,12,13). The van der Waals surface area contributed by atoms with Gasteiger partial charge >= 0.3 is 5.97 Å². The third-order valence-electron chi connectivity index (χ3n) is 1.45. The quantitative estimate of drug-likeness (QED) is 0.724. The number of carbonyl (C=O) groups excluding carboxylic acids is 1. The van der Waals surface area contributed by atoms with Crippen molar-refractivity contribution in [3.63, 3.8) is 0 Å². The predicted molar refractivity (Wildman–Crippen MR) is 48.8 cm³/mol. The molecule has 1 amide bonds. The molecule has 0 saturated carbocycles. The Bertz CT molecular complexity index is 359. The predicted octanol–water partition coefficient (Wildman–Crippen LogP) is 0.835. The minimum atomic E-state index is -1.10. The molecule has 0 aliphatic heterocycles. The Morgan fingerprint density at radius 2 is 2.23 bits per heavy atom. The lowest BCUT2D eigenvalue weighted by atomic mass is 10.4. The summed E-state index contributed by atoms with van der Waals surface area (Å²) in [5, 5.41) is 11.0. The summed E-state index contributed by atoms with van der Waals surface area (Å²) < 4.78 is 0.434. The summed E-state index contributed by atoms with van der Waals surface area (Å²) in [5.74, 6) is -1.46. The number of hydrogen-bond donors (Lipinski definition) is 3. The number of H-pyrrole nitrogens is 1. The van der Waals surface area contributed by atoms with Crippen LogP contribution in [0.4, 0.5) is 0 Å². The number of aromatic nitrogens is 1. The molecule has 5 nitrogen and oxygen atoms in total. The fourth-order valence-corrected chi connectivity index (χ4v) is 1.34. The Morgan fingerprint density at radius 1 is 1.62 bits per heavy atom. The first kappa shape index (κ1) is 9.79. The molecule has 1 rings (SSSR count). The SMILES string of the molecule is CNC(=O)c1[nH]c(C(=O)O)cc1Br. The molecule has 0 aliphatic rings. The van der Waals surface area contributed by atoms with E-state index in [4.69, 9.17) is 5.11 Å². The van der Waals surface area contributed by atoms with Crippen molar-refractivity contribution in [2.45, 2.75) is 0 Å². The molecule has 0 bridgehead atoms. The van der Waals surface area contributed by atoms with E-state index in [-0.39, 0.29) is 17.3 Å². The molecule has 3 N–H and O–H groups in total. The summed E-state index contributed by atoms with van der Waals surface area (Å²) >= 11 is 3.07. The van der Waals surface area contributed by atoms with Gasteiger partial charge in [0, 0.05) is 11.5 Å². The first-order valence-corrected chi connectivity index (χ1v) is 4.19. The van der Waals surface area contributed by atoms with Gasteiger partial charge in [0.2, 0.25) is 0 Å². The van der Waals surface area contributed by atoms with Gasteiger partial charge in [-0.25, -0.2) is 4.79 Å². The van der Waals surface area contributed by atoms with E-state index in [1.54, 1.807) is 0 Å². The Labute approximate surface area is 82.3 Å². The number of halogens is 1. The van der Waals surface area contributed by atoms with Crippen molar-refractivity contribution in [2.75, 3.05) is 7.05 Å². The molecule has 0 aliphatic carbocycles. The van der Waals surface area contributed by atoms with Gasteiger partial charge in [-0.3, -0.25) is 4.79 Å². The summed E-state index contributed by atoms with van der Waals surface area (Å²) in [6.07, 6.45) is 0. The van der Waals surface area contributed by atoms with Crippen LogP contribution in [-0.2, 0) is 0 Å². The summed E-state index contributed by atoms with van der Waals surface area (Å²) in [4.78, 5) is 24.1. The van der Waals surface area contributed by atoms with Gasteiger partial charge in [0.25, 0.3) is 5.91 Å². The fraction of sp³-hybridized carbons (Fsp3) is 0.143. The second-order valence-corrected chi connectivity index (χ2v) is 3.14. The topological polar surface area (TPSA) is 82.2 Å². The average molecular weight is 247 g/mol. The van der Waals surface area contributed by atoms with Gasteiger partial charge in [-0.15, -0.1) is 0 Å². The van der Waals surface area contributed by atoms with Gasteiger partial charge in [0.15, 0.2) is 0 Å². The van der Waals surface area contributed by atoms with Crippen LogP contribution in [0.25, 0.3) is 0 Å². The number of hydrogen-bond acceptors (Lipinski definition) is 2. The van der Waals surface area contributed by atoms with Gasteiger partial charge in [-0.2, -0.15) is 0 Å². The third kappa shape index (κ3) is 1.89. The summed E-state index contributed by atoms with van der Waals surface area (Å²) in [7, 11) is 1.47. The third-order valence-corrected chi connectivity index (χ3v) is 2.08. The van der Waals surface area contributed by atoms with Crippen LogP contribution in [0.2, 0.25) is 0 Å². The summed E-state index contributed by atoms with van der Waals surface area (Å²) in [6.45, 7) is 0. The normalized spacial score (nSPS) is 9.69. The monoisotopic (exact) mass is 246 g/mol. The van der Waals surface area contributed by atoms with Crippen molar-refractivity contribution in [3.8, 4) is 0 Å². The second-order valence-electron chi connectivity index (χ2n) is 2.29. The van der Waals surface area contributed by atoms with Crippen LogP contribution >= 0.6 is 15.9 Å². The zero-order valence-corrected chi connectivity index (χ0v) is 8.31. The number of nitrogens with one attached hydrogen (secondary N) is 2. The van der Waals surface area contributed by atoms with E-state index in [9.17, 15) is 9.59 Å². The molecule has 0 radical (unpaired) electrons. The minimum Gasteiger partial charge on any atom is -0.477 e. The Balaban J connectivity index is 3.10. The molecular weight excluding hydrogens is 240 g/mol. The van der Waals surface area contributed by atoms with Gasteiger partial charge < -0.3 is 15.4 Å². The number of carboxylic acid groups (broad SMARTS) is 1. The lowest BCUT2D eigenvalue weighted by molar-refractivity contribution is 0.0691. The summed E-state index contributed by atoms with van der Waals surface area (Å²) in [6, 6.07) is 1.34. The number of aromatic amines is 1. The average Bonchev–Trinajstić information content (AvgIpc) is 2.46. The molecule has 1 aromatic rings. The van der Waals surface area contributed by atoms with Crippen molar-refractivity contribution in [3.05, 3.63) is 21.9 Å². The highest BCUT2D eigenvalue weighted by molar-refractivity contribution is 9.10. The molecule has 0 saturated heterocycles. The molecule has 0 aromatic carbocycles. The Hall–Kier alpha value is -1.30. The van der Waals surface area contributed by atoms with Gasteiger partial charge in [0.05, 0.1) is 0 Å². The van der Waals surface area contributed by atoms with Crippen LogP contribution in [0, 0.1) is 0 Å². The largest absolute Gasteiger partial charge is 0.477 e. The minimum absolute atomic E-state index is 0.0227. The van der Waals surface area contributed by atoms with E-state index >= 15 is 0 Å². The van der Waals surface area contributed by atoms with Gasteiger partial charge in [-0.1, -0.05) is 0 Å². The first-order valence-electron chi connectivity index (χ1n) is 3.40. The first-order chi connectivity index (χ1) is 6.06. The number of amides is 1. The van der Waals surface area contributed by atoms with Crippen LogP contribution in [0.15, 0.2) is 10.5 Å². The number of aromatic carboxylic acids is 1. The molecule has 0 spiro atoms. The highest BCUT2D eigenvalue weighted by Gasteiger charge is 2.15. The van der Waals surface area contributed by atoms with E-state index in [1.165, 1.54) is 13.1 Å². The van der Waals surface area contributed by atoms with Gasteiger partial charge in [0.1, 0.15) is 11.4 Å². The fourth-order valence-electron chi connectivity index (χ4n) is 0.835. The van der Waals surface area contributed by atoms with Gasteiger partial charge in [-0.05, 0) is 22.0 Å². The molecule has 70 valence electrons. The molecule has 0 atom stereocenters. The lowest BCUT2D eigenvalue weighted by Crippen LogP contribution is -2.18. The van der Waals surface area contributed by atoms with E-state index in [0.29, 0.717) is 4.47 Å². The number of carbonyl (C=O) groups is 2. The Morgan fingerprint density at radius 3 is 2.62 bits per heavy atom. The molecule has 1 heterocycles. The van der Waals surface area contributed by atoms with Crippen LogP contribution in [0.1, 0.15) is 21.0 Å². The number of rotatable bonds is 2. The van der Waals surface area contributed by atoms with Crippen molar-refractivity contribution < 1.29 is 14.7 Å². The molecule has 6 heteroatoms. The van der Waals surface area contributed by atoms with Crippen molar-refractivity contribution in [1.82, 2.24) is 10.3 Å². The smallest absolute Gasteiger partial charge is 0.352 e. The zero-order valence-electron chi connectivity index (χ0n) is 6.72. The van der Waals surface area contributed by atoms with Crippen molar-refractivity contribution in [1.29, 1.82) is 0 Å². The maximum atomic E-state index is 11.1. The molecule has 1 aromatic heterocycles. The van der Waals surface area contributed by atoms with E-state index in [0.717, 1.165) is 0 Å². The van der Waals surface area contributed by atoms with Crippen LogP contribution in [0.5, 0.6) is 0 Å². The van der Waals surface area contributed by atoms with Crippen molar-refractivity contribution >= 4 is 27.8 Å². The maximum absolute atomic E-state index is 11.1. The highest BCUT2D eigenvalue weighted by atomic mass is 79.9. The van der Waals surface area contributed by atoms with Crippen LogP contribution in [0.3, 0.4) is 0 Å². The second kappa shape index (κ2) is 3.61. The Kier molecular flexibility index (Phi) is 2.72. The van der Waals surface area contributed by atoms with E-state index < -0.39 is 5.97 Å². The zero-order chi connectivity index (χ0) is 10.0. The molecule has 13 heavy (non-hydrogen) atoms. The number of carboxylic acids is 1. The van der Waals surface area contributed by atoms with E-state index in [2.05, 4.69) is 26.2 Å². The molecule has 0 fully saturated rings. The highest BCUT2D eigenvalue weighted by Crippen LogP contribution is 2.17. The maximum Gasteiger partial charge on any atom is 0.352 e. The van der Waals surface area contributed by atoms with Crippen LogP contribution in [-0.4, -0.2) is 29.0 Å². The molecular formula is C7H7BrN2O3. The van der Waals surface area contributed by atoms with E-state index in [1.807, 2.05) is 0 Å². The van der Waals surface area contributed by atoms with Crippen LogP contribution < -0.4 is 5.32 Å².